The Labute approximate surface area is 100 Å². The Morgan fingerprint density at radius 3 is 1.47 bits per heavy atom. The lowest BCUT2D eigenvalue weighted by molar-refractivity contribution is -0.907. The van der Waals surface area contributed by atoms with E-state index in [-0.39, 0.29) is 12.4 Å². The van der Waals surface area contributed by atoms with Gasteiger partial charge in [0.15, 0.2) is 0 Å². The second-order valence-corrected chi connectivity index (χ2v) is 7.04. The molecule has 0 unspecified atom stereocenters. The molecule has 1 nitrogen and oxygen atoms in total. The summed E-state index contributed by atoms with van der Waals surface area (Å²) in [5, 5.41) is 0. The van der Waals surface area contributed by atoms with Gasteiger partial charge < -0.3 is 16.9 Å². The molecule has 4 aliphatic carbocycles. The topological polar surface area (TPSA) is 0 Å². The van der Waals surface area contributed by atoms with Gasteiger partial charge >= 0.3 is 0 Å². The van der Waals surface area contributed by atoms with E-state index in [4.69, 9.17) is 0 Å². The summed E-state index contributed by atoms with van der Waals surface area (Å²) in [5.74, 6) is 4.40. The molecule has 0 aliphatic heterocycles. The smallest absolute Gasteiger partial charge is 0.0941 e. The molecular weight excluding hydrogens is 206 g/mol. The molecule has 4 rings (SSSR count). The maximum Gasteiger partial charge on any atom is 0.0941 e. The van der Waals surface area contributed by atoms with E-state index in [9.17, 15) is 0 Å². The summed E-state index contributed by atoms with van der Waals surface area (Å²) in [6.45, 7) is 0. The van der Waals surface area contributed by atoms with E-state index < -0.39 is 0 Å². The van der Waals surface area contributed by atoms with E-state index in [1.807, 2.05) is 0 Å². The molecule has 0 atom stereocenters. The second-order valence-electron chi connectivity index (χ2n) is 7.04. The zero-order valence-corrected chi connectivity index (χ0v) is 11.0. The number of halogens is 1. The van der Waals surface area contributed by atoms with Crippen LogP contribution in [0.3, 0.4) is 0 Å². The molecule has 88 valence electrons. The monoisotopic (exact) mass is 229 g/mol. The predicted octanol–water partition coefficient (Wildman–Crippen LogP) is -0.479. The molecule has 0 saturated heterocycles. The second kappa shape index (κ2) is 3.63. The van der Waals surface area contributed by atoms with Gasteiger partial charge in [0.25, 0.3) is 0 Å². The first-order valence-electron chi connectivity index (χ1n) is 6.35. The zero-order valence-electron chi connectivity index (χ0n) is 10.2. The minimum Gasteiger partial charge on any atom is -1.00 e. The minimum atomic E-state index is 0. The maximum absolute atomic E-state index is 2.41. The van der Waals surface area contributed by atoms with Gasteiger partial charge in [-0.2, -0.15) is 0 Å². The quantitative estimate of drug-likeness (QED) is 0.533. The summed E-state index contributed by atoms with van der Waals surface area (Å²) in [4.78, 5) is 0. The molecule has 0 spiro atoms. The molecule has 0 N–H and O–H groups in total. The molecule has 0 amide bonds. The van der Waals surface area contributed by atoms with Crippen molar-refractivity contribution >= 4 is 0 Å². The third kappa shape index (κ3) is 1.82. The Morgan fingerprint density at radius 2 is 1.13 bits per heavy atom. The van der Waals surface area contributed by atoms with Crippen molar-refractivity contribution in [3.05, 3.63) is 0 Å². The fourth-order valence-electron chi connectivity index (χ4n) is 5.16. The van der Waals surface area contributed by atoms with Crippen LogP contribution in [0.15, 0.2) is 0 Å². The molecule has 4 aliphatic rings. The van der Waals surface area contributed by atoms with Crippen molar-refractivity contribution in [1.29, 1.82) is 0 Å². The Balaban J connectivity index is 0.000000853. The minimum absolute atomic E-state index is 0. The van der Waals surface area contributed by atoms with Crippen molar-refractivity contribution in [2.45, 2.75) is 38.1 Å². The van der Waals surface area contributed by atoms with Crippen LogP contribution < -0.4 is 12.4 Å². The number of nitrogens with zero attached hydrogens (tertiary/aromatic N) is 1. The molecule has 0 radical (unpaired) electrons. The molecule has 4 bridgehead atoms. The van der Waals surface area contributed by atoms with Crippen LogP contribution in [-0.2, 0) is 0 Å². The summed E-state index contributed by atoms with van der Waals surface area (Å²) >= 11 is 0. The fraction of sp³-hybridized carbons (Fsp3) is 1.00. The van der Waals surface area contributed by atoms with Crippen molar-refractivity contribution in [2.75, 3.05) is 21.1 Å². The van der Waals surface area contributed by atoms with Gasteiger partial charge in [-0.15, -0.1) is 0 Å². The van der Waals surface area contributed by atoms with Crippen molar-refractivity contribution in [1.82, 2.24) is 0 Å². The van der Waals surface area contributed by atoms with E-state index in [0.717, 1.165) is 29.7 Å². The highest BCUT2D eigenvalue weighted by Crippen LogP contribution is 2.55. The average Bonchev–Trinajstić information content (AvgIpc) is 1.97. The van der Waals surface area contributed by atoms with Gasteiger partial charge in [0.1, 0.15) is 0 Å². The van der Waals surface area contributed by atoms with Gasteiger partial charge in [0, 0.05) is 11.8 Å². The first-order chi connectivity index (χ1) is 6.54. The summed E-state index contributed by atoms with van der Waals surface area (Å²) < 4.78 is 1.22. The van der Waals surface area contributed by atoms with Gasteiger partial charge in [-0.3, -0.25) is 0 Å². The lowest BCUT2D eigenvalue weighted by atomic mass is 9.53. The van der Waals surface area contributed by atoms with Crippen molar-refractivity contribution < 1.29 is 16.9 Å². The lowest BCUT2D eigenvalue weighted by Crippen LogP contribution is -3.00. The van der Waals surface area contributed by atoms with Crippen LogP contribution >= 0.6 is 0 Å². The van der Waals surface area contributed by atoms with Gasteiger partial charge in [-0.05, 0) is 43.9 Å². The summed E-state index contributed by atoms with van der Waals surface area (Å²) in [5.41, 5.74) is 0. The highest BCUT2D eigenvalue weighted by atomic mass is 35.5. The Bertz CT molecular complexity index is 215. The first kappa shape index (κ1) is 11.7. The molecular formula is C13H24ClN. The van der Waals surface area contributed by atoms with E-state index >= 15 is 0 Å². The molecule has 0 aromatic carbocycles. The summed E-state index contributed by atoms with van der Waals surface area (Å²) in [7, 11) is 7.23. The lowest BCUT2D eigenvalue weighted by Gasteiger charge is -2.57. The Morgan fingerprint density at radius 1 is 0.733 bits per heavy atom. The summed E-state index contributed by atoms with van der Waals surface area (Å²) in [6, 6.07) is 0.989. The standard InChI is InChI=1S/C13H24N.ClH/c1-14(2,3)13-11-5-9-4-10(7-11)8-12(13)6-9;/h9-13H,4-8H2,1-3H3;1H/q+1;/p-1. The zero-order chi connectivity index (χ0) is 9.92. The van der Waals surface area contributed by atoms with E-state index in [1.54, 1.807) is 32.1 Å². The van der Waals surface area contributed by atoms with Gasteiger partial charge in [-0.1, -0.05) is 0 Å². The number of quaternary nitrogens is 1. The molecule has 2 heteroatoms. The van der Waals surface area contributed by atoms with E-state index in [1.165, 1.54) is 4.48 Å². The van der Waals surface area contributed by atoms with Gasteiger partial charge in [0.2, 0.25) is 0 Å². The van der Waals surface area contributed by atoms with Crippen LogP contribution in [-0.4, -0.2) is 31.7 Å². The van der Waals surface area contributed by atoms with Crippen LogP contribution in [0.25, 0.3) is 0 Å². The number of hydrogen-bond donors (Lipinski definition) is 0. The molecule has 15 heavy (non-hydrogen) atoms. The van der Waals surface area contributed by atoms with Crippen LogP contribution in [0.5, 0.6) is 0 Å². The molecule has 4 saturated carbocycles. The predicted molar refractivity (Wildman–Crippen MR) is 58.9 cm³/mol. The van der Waals surface area contributed by atoms with Gasteiger partial charge in [0.05, 0.1) is 27.2 Å². The number of hydrogen-bond acceptors (Lipinski definition) is 0. The highest BCUT2D eigenvalue weighted by molar-refractivity contribution is 4.98. The van der Waals surface area contributed by atoms with Crippen LogP contribution in [0, 0.1) is 23.7 Å². The van der Waals surface area contributed by atoms with Crippen LogP contribution in [0.2, 0.25) is 0 Å². The van der Waals surface area contributed by atoms with E-state index in [2.05, 4.69) is 21.1 Å². The molecule has 0 aromatic heterocycles. The molecule has 0 heterocycles. The average molecular weight is 230 g/mol. The van der Waals surface area contributed by atoms with Crippen LogP contribution in [0.1, 0.15) is 32.1 Å². The third-order valence-corrected chi connectivity index (χ3v) is 5.07. The van der Waals surface area contributed by atoms with E-state index in [0.29, 0.717) is 0 Å². The first-order valence-corrected chi connectivity index (χ1v) is 6.35. The van der Waals surface area contributed by atoms with Crippen molar-refractivity contribution in [2.24, 2.45) is 23.7 Å². The molecule has 4 fully saturated rings. The van der Waals surface area contributed by atoms with Crippen LogP contribution in [0.4, 0.5) is 0 Å². The van der Waals surface area contributed by atoms with Gasteiger partial charge in [-0.25, -0.2) is 0 Å². The third-order valence-electron chi connectivity index (χ3n) is 5.07. The SMILES string of the molecule is C[N+](C)(C)C1C2CC3CC(C2)CC1C3.[Cl-]. The van der Waals surface area contributed by atoms with Crippen molar-refractivity contribution in [3.63, 3.8) is 0 Å². The Hall–Kier alpha value is 0.250. The Kier molecular flexibility index (Phi) is 2.84. The van der Waals surface area contributed by atoms with Crippen molar-refractivity contribution in [3.8, 4) is 0 Å². The molecule has 0 aromatic rings. The maximum atomic E-state index is 2.41. The fourth-order valence-corrected chi connectivity index (χ4v) is 5.16. The number of rotatable bonds is 1. The highest BCUT2D eigenvalue weighted by Gasteiger charge is 2.53. The summed E-state index contributed by atoms with van der Waals surface area (Å²) in [6.07, 6.45) is 7.83. The normalized spacial score (nSPS) is 47.8. The largest absolute Gasteiger partial charge is 1.00 e.